The van der Waals surface area contributed by atoms with Crippen molar-refractivity contribution >= 4 is 11.6 Å². The first-order chi connectivity index (χ1) is 12.8. The molecule has 1 atom stereocenters. The molecule has 2 heterocycles. The zero-order valence-corrected chi connectivity index (χ0v) is 17.0. The lowest BCUT2D eigenvalue weighted by Crippen LogP contribution is -2.41. The van der Waals surface area contributed by atoms with Crippen LogP contribution in [0.15, 0.2) is 36.7 Å². The number of benzene rings is 1. The van der Waals surface area contributed by atoms with E-state index in [9.17, 15) is 4.79 Å². The molecule has 144 valence electrons. The molecule has 1 aromatic carbocycles. The topological polar surface area (TPSA) is 58.1 Å². The van der Waals surface area contributed by atoms with Gasteiger partial charge in [0.1, 0.15) is 5.69 Å². The van der Waals surface area contributed by atoms with Gasteiger partial charge in [-0.15, -0.1) is 0 Å². The van der Waals surface area contributed by atoms with Crippen molar-refractivity contribution in [2.45, 2.75) is 65.0 Å². The van der Waals surface area contributed by atoms with Gasteiger partial charge in [-0.3, -0.25) is 14.7 Å². The van der Waals surface area contributed by atoms with Gasteiger partial charge in [0.05, 0.1) is 24.1 Å². The SMILES string of the molecule is CC(C)c1cccc(NC(=O)c2cncc(C3CCCN3C(C)(C)C)n2)c1. The molecule has 1 aliphatic rings. The molecule has 5 heteroatoms. The second-order valence-corrected chi connectivity index (χ2v) is 8.59. The molecule has 2 aromatic rings. The summed E-state index contributed by atoms with van der Waals surface area (Å²) in [5.41, 5.74) is 3.29. The number of hydrogen-bond acceptors (Lipinski definition) is 4. The number of nitrogens with zero attached hydrogens (tertiary/aromatic N) is 3. The highest BCUT2D eigenvalue weighted by Crippen LogP contribution is 2.36. The Morgan fingerprint density at radius 2 is 2.04 bits per heavy atom. The molecule has 27 heavy (non-hydrogen) atoms. The fourth-order valence-electron chi connectivity index (χ4n) is 3.70. The van der Waals surface area contributed by atoms with Gasteiger partial charge in [-0.05, 0) is 63.8 Å². The molecule has 0 radical (unpaired) electrons. The van der Waals surface area contributed by atoms with Crippen LogP contribution in [0.1, 0.15) is 81.2 Å². The highest BCUT2D eigenvalue weighted by atomic mass is 16.1. The van der Waals surface area contributed by atoms with Crippen LogP contribution in [0.25, 0.3) is 0 Å². The van der Waals surface area contributed by atoms with Gasteiger partial charge in [0, 0.05) is 11.2 Å². The van der Waals surface area contributed by atoms with Crippen molar-refractivity contribution in [2.24, 2.45) is 0 Å². The minimum atomic E-state index is -0.217. The van der Waals surface area contributed by atoms with Crippen molar-refractivity contribution in [3.8, 4) is 0 Å². The molecule has 1 aromatic heterocycles. The van der Waals surface area contributed by atoms with Crippen LogP contribution in [0, 0.1) is 0 Å². The summed E-state index contributed by atoms with van der Waals surface area (Å²) in [6, 6.07) is 8.17. The maximum atomic E-state index is 12.7. The van der Waals surface area contributed by atoms with Crippen LogP contribution < -0.4 is 5.32 Å². The van der Waals surface area contributed by atoms with E-state index in [0.717, 1.165) is 30.8 Å². The molecule has 0 aliphatic carbocycles. The van der Waals surface area contributed by atoms with E-state index in [1.54, 1.807) is 12.4 Å². The smallest absolute Gasteiger partial charge is 0.275 e. The maximum absolute atomic E-state index is 12.7. The van der Waals surface area contributed by atoms with E-state index in [1.807, 2.05) is 18.2 Å². The van der Waals surface area contributed by atoms with Crippen LogP contribution in [-0.2, 0) is 0 Å². The molecule has 1 fully saturated rings. The lowest BCUT2D eigenvalue weighted by atomic mass is 10.0. The molecule has 1 unspecified atom stereocenters. The first-order valence-electron chi connectivity index (χ1n) is 9.75. The molecule has 0 spiro atoms. The van der Waals surface area contributed by atoms with E-state index in [-0.39, 0.29) is 17.5 Å². The maximum Gasteiger partial charge on any atom is 0.275 e. The predicted octanol–water partition coefficient (Wildman–Crippen LogP) is 4.79. The average molecular weight is 367 g/mol. The van der Waals surface area contributed by atoms with Crippen molar-refractivity contribution in [3.05, 3.63) is 53.6 Å². The zero-order valence-electron chi connectivity index (χ0n) is 17.0. The van der Waals surface area contributed by atoms with E-state index in [1.165, 1.54) is 5.56 Å². The Morgan fingerprint density at radius 1 is 1.26 bits per heavy atom. The van der Waals surface area contributed by atoms with E-state index in [4.69, 9.17) is 0 Å². The lowest BCUT2D eigenvalue weighted by molar-refractivity contribution is 0.101. The number of likely N-dealkylation sites (tertiary alicyclic amines) is 1. The minimum absolute atomic E-state index is 0.0679. The van der Waals surface area contributed by atoms with Crippen molar-refractivity contribution in [3.63, 3.8) is 0 Å². The Hall–Kier alpha value is -2.27. The number of rotatable bonds is 4. The normalized spacial score (nSPS) is 18.1. The highest BCUT2D eigenvalue weighted by molar-refractivity contribution is 6.02. The molecule has 5 nitrogen and oxygen atoms in total. The fraction of sp³-hybridized carbons (Fsp3) is 0.500. The molecule has 0 bridgehead atoms. The number of anilines is 1. The Kier molecular flexibility index (Phi) is 5.61. The number of hydrogen-bond donors (Lipinski definition) is 1. The standard InChI is InChI=1S/C22H30N4O/c1-15(2)16-8-6-9-17(12-16)24-21(27)19-14-23-13-18(25-19)20-10-7-11-26(20)22(3,4)5/h6,8-9,12-15,20H,7,10-11H2,1-5H3,(H,24,27). The molecule has 1 aliphatic heterocycles. The molecular weight excluding hydrogens is 336 g/mol. The Morgan fingerprint density at radius 3 is 2.74 bits per heavy atom. The summed E-state index contributed by atoms with van der Waals surface area (Å²) >= 11 is 0. The predicted molar refractivity (Wildman–Crippen MR) is 109 cm³/mol. The fourth-order valence-corrected chi connectivity index (χ4v) is 3.70. The summed E-state index contributed by atoms with van der Waals surface area (Å²) in [6.07, 6.45) is 5.53. The van der Waals surface area contributed by atoms with Crippen LogP contribution in [0.2, 0.25) is 0 Å². The third kappa shape index (κ3) is 4.53. The van der Waals surface area contributed by atoms with E-state index < -0.39 is 0 Å². The number of carbonyl (C=O) groups is 1. The Balaban J connectivity index is 1.79. The van der Waals surface area contributed by atoms with Gasteiger partial charge in [-0.2, -0.15) is 0 Å². The van der Waals surface area contributed by atoms with Crippen LogP contribution in [0.4, 0.5) is 5.69 Å². The van der Waals surface area contributed by atoms with Crippen molar-refractivity contribution in [1.29, 1.82) is 0 Å². The van der Waals surface area contributed by atoms with Crippen molar-refractivity contribution in [2.75, 3.05) is 11.9 Å². The van der Waals surface area contributed by atoms with Gasteiger partial charge >= 0.3 is 0 Å². The third-order valence-corrected chi connectivity index (χ3v) is 5.15. The van der Waals surface area contributed by atoms with Crippen molar-refractivity contribution in [1.82, 2.24) is 14.9 Å². The van der Waals surface area contributed by atoms with E-state index in [0.29, 0.717) is 11.6 Å². The summed E-state index contributed by atoms with van der Waals surface area (Å²) in [5, 5.41) is 2.96. The molecule has 1 amide bonds. The summed E-state index contributed by atoms with van der Waals surface area (Å²) in [5.74, 6) is 0.196. The van der Waals surface area contributed by atoms with Gasteiger partial charge in [-0.25, -0.2) is 4.98 Å². The lowest BCUT2D eigenvalue weighted by Gasteiger charge is -2.36. The summed E-state index contributed by atoms with van der Waals surface area (Å²) in [4.78, 5) is 24.1. The van der Waals surface area contributed by atoms with Crippen molar-refractivity contribution < 1.29 is 4.79 Å². The van der Waals surface area contributed by atoms with Crippen LogP contribution in [0.3, 0.4) is 0 Å². The van der Waals surface area contributed by atoms with Gasteiger partial charge in [0.2, 0.25) is 0 Å². The molecule has 1 N–H and O–H groups in total. The summed E-state index contributed by atoms with van der Waals surface area (Å²) in [7, 11) is 0. The van der Waals surface area contributed by atoms with Gasteiger partial charge in [0.15, 0.2) is 0 Å². The van der Waals surface area contributed by atoms with E-state index >= 15 is 0 Å². The minimum Gasteiger partial charge on any atom is -0.321 e. The molecule has 0 saturated carbocycles. The van der Waals surface area contributed by atoms with Gasteiger partial charge in [-0.1, -0.05) is 26.0 Å². The van der Waals surface area contributed by atoms with Crippen LogP contribution >= 0.6 is 0 Å². The largest absolute Gasteiger partial charge is 0.321 e. The zero-order chi connectivity index (χ0) is 19.6. The summed E-state index contributed by atoms with van der Waals surface area (Å²) < 4.78 is 0. The number of carbonyl (C=O) groups excluding carboxylic acids is 1. The second-order valence-electron chi connectivity index (χ2n) is 8.59. The monoisotopic (exact) mass is 366 g/mol. The quantitative estimate of drug-likeness (QED) is 0.845. The molecular formula is C22H30N4O. The number of amides is 1. The number of aromatic nitrogens is 2. The Labute approximate surface area is 162 Å². The van der Waals surface area contributed by atoms with Crippen LogP contribution in [0.5, 0.6) is 0 Å². The molecule has 3 rings (SSSR count). The Bertz CT molecular complexity index is 810. The van der Waals surface area contributed by atoms with Crippen LogP contribution in [-0.4, -0.2) is 32.9 Å². The number of nitrogens with one attached hydrogen (secondary N) is 1. The van der Waals surface area contributed by atoms with Gasteiger partial charge < -0.3 is 5.32 Å². The third-order valence-electron chi connectivity index (χ3n) is 5.15. The second kappa shape index (κ2) is 7.77. The average Bonchev–Trinajstić information content (AvgIpc) is 3.12. The first kappa shape index (κ1) is 19.5. The highest BCUT2D eigenvalue weighted by Gasteiger charge is 2.35. The molecule has 1 saturated heterocycles. The summed E-state index contributed by atoms with van der Waals surface area (Å²) in [6.45, 7) is 12.0. The van der Waals surface area contributed by atoms with E-state index in [2.05, 4.69) is 60.9 Å². The van der Waals surface area contributed by atoms with Gasteiger partial charge in [0.25, 0.3) is 5.91 Å². The first-order valence-corrected chi connectivity index (χ1v) is 9.75.